The molecule has 2 fully saturated rings. The highest BCUT2D eigenvalue weighted by atomic mass is 32.1. The summed E-state index contributed by atoms with van der Waals surface area (Å²) < 4.78 is 0. The molecule has 25 heavy (non-hydrogen) atoms. The summed E-state index contributed by atoms with van der Waals surface area (Å²) in [6.45, 7) is 9.40. The number of pyridine rings is 1. The summed E-state index contributed by atoms with van der Waals surface area (Å²) in [4.78, 5) is 12.7. The third kappa shape index (κ3) is 4.30. The van der Waals surface area contributed by atoms with E-state index in [0.29, 0.717) is 5.41 Å². The van der Waals surface area contributed by atoms with E-state index >= 15 is 0 Å². The molecule has 1 spiro atoms. The first-order chi connectivity index (χ1) is 12.2. The first-order valence-corrected chi connectivity index (χ1v) is 10.4. The molecule has 0 amide bonds. The number of aromatic nitrogens is 1. The molecule has 2 saturated heterocycles. The molecule has 0 aliphatic carbocycles. The molecule has 0 saturated carbocycles. The lowest BCUT2D eigenvalue weighted by Crippen LogP contribution is -2.46. The molecular weight excluding hydrogens is 326 g/mol. The number of hydrogen-bond acceptors (Lipinski definition) is 4. The Morgan fingerprint density at radius 1 is 0.920 bits per heavy atom. The highest BCUT2D eigenvalue weighted by Gasteiger charge is 2.37. The van der Waals surface area contributed by atoms with E-state index in [-0.39, 0.29) is 0 Å². The smallest absolute Gasteiger partial charge is 0.0543 e. The van der Waals surface area contributed by atoms with E-state index in [9.17, 15) is 0 Å². The highest BCUT2D eigenvalue weighted by Crippen LogP contribution is 2.41. The third-order valence-electron chi connectivity index (χ3n) is 6.12. The van der Waals surface area contributed by atoms with Crippen LogP contribution in [0.25, 0.3) is 0 Å². The van der Waals surface area contributed by atoms with Gasteiger partial charge in [0.05, 0.1) is 5.69 Å². The van der Waals surface area contributed by atoms with E-state index in [1.807, 2.05) is 23.6 Å². The van der Waals surface area contributed by atoms with Crippen LogP contribution in [0.4, 0.5) is 0 Å². The van der Waals surface area contributed by atoms with E-state index in [1.54, 1.807) is 0 Å². The Morgan fingerprint density at radius 2 is 1.60 bits per heavy atom. The first kappa shape index (κ1) is 17.2. The Bertz CT molecular complexity index is 663. The Morgan fingerprint density at radius 3 is 2.16 bits per heavy atom. The average Bonchev–Trinajstić information content (AvgIpc) is 3.05. The summed E-state index contributed by atoms with van der Waals surface area (Å²) in [6.07, 6.45) is 7.41. The summed E-state index contributed by atoms with van der Waals surface area (Å²) in [5, 5.41) is 0. The molecule has 2 aromatic heterocycles. The molecule has 2 aliphatic heterocycles. The minimum atomic E-state index is 0.614. The maximum Gasteiger partial charge on any atom is 0.0543 e. The molecule has 0 unspecified atom stereocenters. The molecule has 2 aliphatic rings. The summed E-state index contributed by atoms with van der Waals surface area (Å²) in [5.41, 5.74) is 1.82. The predicted molar refractivity (Wildman–Crippen MR) is 105 cm³/mol. The van der Waals surface area contributed by atoms with Gasteiger partial charge in [0.25, 0.3) is 0 Å². The Kier molecular flexibility index (Phi) is 5.20. The van der Waals surface area contributed by atoms with Crippen molar-refractivity contribution in [2.24, 2.45) is 5.41 Å². The van der Waals surface area contributed by atoms with Gasteiger partial charge in [-0.15, -0.1) is 11.3 Å². The van der Waals surface area contributed by atoms with Crippen LogP contribution in [0.2, 0.25) is 0 Å². The molecule has 2 aromatic rings. The fourth-order valence-corrected chi connectivity index (χ4v) is 5.32. The van der Waals surface area contributed by atoms with Crippen molar-refractivity contribution in [2.45, 2.75) is 45.7 Å². The van der Waals surface area contributed by atoms with Crippen molar-refractivity contribution in [1.29, 1.82) is 0 Å². The van der Waals surface area contributed by atoms with Gasteiger partial charge in [-0.25, -0.2) is 0 Å². The van der Waals surface area contributed by atoms with Crippen LogP contribution < -0.4 is 0 Å². The monoisotopic (exact) mass is 355 g/mol. The van der Waals surface area contributed by atoms with Gasteiger partial charge in [0.15, 0.2) is 0 Å². The number of nitrogens with zero attached hydrogens (tertiary/aromatic N) is 3. The van der Waals surface area contributed by atoms with Gasteiger partial charge in [-0.05, 0) is 88.5 Å². The number of rotatable bonds is 4. The van der Waals surface area contributed by atoms with E-state index < -0.39 is 0 Å². The van der Waals surface area contributed by atoms with Crippen LogP contribution >= 0.6 is 11.3 Å². The molecule has 0 bridgehead atoms. The van der Waals surface area contributed by atoms with Crippen LogP contribution in [0.5, 0.6) is 0 Å². The van der Waals surface area contributed by atoms with E-state index in [1.165, 1.54) is 67.3 Å². The molecule has 4 heteroatoms. The molecular formula is C21H29N3S. The van der Waals surface area contributed by atoms with E-state index in [4.69, 9.17) is 0 Å². The molecule has 4 heterocycles. The van der Waals surface area contributed by atoms with Crippen LogP contribution in [-0.2, 0) is 13.1 Å². The topological polar surface area (TPSA) is 19.4 Å². The van der Waals surface area contributed by atoms with Gasteiger partial charge in [0.1, 0.15) is 0 Å². The zero-order valence-corrected chi connectivity index (χ0v) is 16.1. The summed E-state index contributed by atoms with van der Waals surface area (Å²) in [5.74, 6) is 0. The highest BCUT2D eigenvalue weighted by molar-refractivity contribution is 7.11. The predicted octanol–water partition coefficient (Wildman–Crippen LogP) is 4.33. The van der Waals surface area contributed by atoms with Gasteiger partial charge < -0.3 is 0 Å². The number of thiophene rings is 1. The van der Waals surface area contributed by atoms with Gasteiger partial charge in [-0.3, -0.25) is 14.8 Å². The van der Waals surface area contributed by atoms with Crippen molar-refractivity contribution in [3.63, 3.8) is 0 Å². The Balaban J connectivity index is 1.25. The Hall–Kier alpha value is -1.23. The summed E-state index contributed by atoms with van der Waals surface area (Å²) in [7, 11) is 0. The second kappa shape index (κ2) is 7.56. The fourth-order valence-electron chi connectivity index (χ4n) is 4.38. The second-order valence-electron chi connectivity index (χ2n) is 7.89. The molecule has 0 radical (unpaired) electrons. The van der Waals surface area contributed by atoms with Crippen molar-refractivity contribution < 1.29 is 0 Å². The summed E-state index contributed by atoms with van der Waals surface area (Å²) in [6, 6.07) is 10.8. The van der Waals surface area contributed by atoms with Crippen LogP contribution in [0.15, 0.2) is 36.5 Å². The molecule has 0 atom stereocenters. The van der Waals surface area contributed by atoms with Crippen molar-refractivity contribution in [3.05, 3.63) is 52.0 Å². The average molecular weight is 356 g/mol. The maximum absolute atomic E-state index is 4.48. The van der Waals surface area contributed by atoms with Gasteiger partial charge in [0, 0.05) is 29.0 Å². The number of piperidine rings is 2. The number of likely N-dealkylation sites (tertiary alicyclic amines) is 2. The van der Waals surface area contributed by atoms with Crippen molar-refractivity contribution in [3.8, 4) is 0 Å². The van der Waals surface area contributed by atoms with Crippen molar-refractivity contribution in [1.82, 2.24) is 14.8 Å². The largest absolute Gasteiger partial charge is 0.298 e. The first-order valence-electron chi connectivity index (χ1n) is 9.61. The van der Waals surface area contributed by atoms with Crippen LogP contribution in [-0.4, -0.2) is 41.0 Å². The zero-order valence-electron chi connectivity index (χ0n) is 15.3. The molecule has 4 rings (SSSR count). The molecule has 3 nitrogen and oxygen atoms in total. The minimum absolute atomic E-state index is 0.614. The minimum Gasteiger partial charge on any atom is -0.298 e. The molecule has 0 N–H and O–H groups in total. The normalized spacial score (nSPS) is 21.6. The zero-order chi connectivity index (χ0) is 17.1. The third-order valence-corrected chi connectivity index (χ3v) is 7.11. The summed E-state index contributed by atoms with van der Waals surface area (Å²) >= 11 is 1.96. The number of hydrogen-bond donors (Lipinski definition) is 0. The lowest BCUT2D eigenvalue weighted by molar-refractivity contribution is 0.0299. The van der Waals surface area contributed by atoms with Crippen LogP contribution in [0.3, 0.4) is 0 Å². The fraction of sp³-hybridized carbons (Fsp3) is 0.571. The lowest BCUT2D eigenvalue weighted by Gasteiger charge is -2.47. The van der Waals surface area contributed by atoms with Crippen molar-refractivity contribution >= 4 is 11.3 Å². The Labute approximate surface area is 155 Å². The van der Waals surface area contributed by atoms with E-state index in [2.05, 4.69) is 46.0 Å². The molecule has 134 valence electrons. The van der Waals surface area contributed by atoms with Crippen LogP contribution in [0.1, 0.15) is 41.1 Å². The van der Waals surface area contributed by atoms with Gasteiger partial charge in [-0.2, -0.15) is 0 Å². The maximum atomic E-state index is 4.48. The number of aryl methyl sites for hydroxylation is 1. The van der Waals surface area contributed by atoms with E-state index in [0.717, 1.165) is 13.1 Å². The second-order valence-corrected chi connectivity index (χ2v) is 9.26. The molecule has 0 aromatic carbocycles. The standard InChI is InChI=1S/C21H29N3S/c1-18-5-6-20(25-18)17-24-14-9-21(10-15-24)7-12-23(13-8-21)16-19-4-2-3-11-22-19/h2-6,11H,7-10,12-17H2,1H3. The van der Waals surface area contributed by atoms with Gasteiger partial charge >= 0.3 is 0 Å². The lowest BCUT2D eigenvalue weighted by atomic mass is 9.71. The SMILES string of the molecule is Cc1ccc(CN2CCC3(CCN(Cc4ccccn4)CC3)CC2)s1. The van der Waals surface area contributed by atoms with Crippen LogP contribution in [0, 0.1) is 12.3 Å². The van der Waals surface area contributed by atoms with Crippen molar-refractivity contribution in [2.75, 3.05) is 26.2 Å². The quantitative estimate of drug-likeness (QED) is 0.814. The van der Waals surface area contributed by atoms with Gasteiger partial charge in [0.2, 0.25) is 0 Å². The van der Waals surface area contributed by atoms with Gasteiger partial charge in [-0.1, -0.05) is 6.07 Å².